The van der Waals surface area contributed by atoms with E-state index in [0.29, 0.717) is 0 Å². The minimum atomic E-state index is -9.03. The van der Waals surface area contributed by atoms with E-state index in [9.17, 15) is 136 Å². The quantitative estimate of drug-likeness (QED) is 0.0430. The fourth-order valence-electron chi connectivity index (χ4n) is 4.02. The van der Waals surface area contributed by atoms with Gasteiger partial charge >= 0.3 is 117 Å². The van der Waals surface area contributed by atoms with Crippen molar-refractivity contribution in [2.45, 2.75) is 123 Å². The van der Waals surface area contributed by atoms with E-state index in [0.717, 1.165) is 0 Å². The molecule has 47 heteroatoms. The topological polar surface area (TPSA) is 77.5 Å². The maximum absolute atomic E-state index is 15.7. The first kappa shape index (κ1) is 68.4. The van der Waals surface area contributed by atoms with Crippen LogP contribution in [0.15, 0.2) is 4.91 Å². The molecule has 6 atom stereocenters. The predicted octanol–water partition coefficient (Wildman–Crippen LogP) is 12.2. The summed E-state index contributed by atoms with van der Waals surface area (Å²) in [6, 6.07) is 0. The summed E-state index contributed by atoms with van der Waals surface area (Å²) in [6.45, 7) is 0. The first-order valence-corrected chi connectivity index (χ1v) is 17.5. The number of hydrogen-bond donors (Lipinski definition) is 0. The molecule has 0 amide bonds. The summed E-state index contributed by atoms with van der Waals surface area (Å²) in [6.07, 6.45) is -108. The Bertz CT molecular complexity index is 1660. The average molecular weight is 1170 g/mol. The number of ether oxygens (including phenoxy) is 5. The monoisotopic (exact) mass is 1170 g/mol. The highest BCUT2D eigenvalue weighted by molar-refractivity contribution is 7.59. The Morgan fingerprint density at radius 3 is 0.676 bits per heavy atom. The van der Waals surface area contributed by atoms with E-state index < -0.39 is 173 Å². The van der Waals surface area contributed by atoms with Crippen molar-refractivity contribution in [3.63, 3.8) is 0 Å². The maximum Gasteiger partial charge on any atom is 0.456 e. The van der Waals surface area contributed by atoms with Crippen molar-refractivity contribution in [2.24, 2.45) is 4.91 Å². The lowest BCUT2D eigenvalue weighted by Crippen LogP contribution is -2.74. The van der Waals surface area contributed by atoms with Gasteiger partial charge in [-0.2, -0.15) is 110 Å². The van der Waals surface area contributed by atoms with Crippen LogP contribution in [-0.4, -0.2) is 165 Å². The van der Waals surface area contributed by atoms with Crippen molar-refractivity contribution in [3.8, 4) is 0 Å². The lowest BCUT2D eigenvalue weighted by atomic mass is 10.3. The van der Waals surface area contributed by atoms with E-state index in [-0.39, 0.29) is 0 Å². The van der Waals surface area contributed by atoms with Crippen molar-refractivity contribution in [1.29, 1.82) is 0 Å². The van der Waals surface area contributed by atoms with Gasteiger partial charge in [0, 0.05) is 0 Å². The standard InChI is InChI=1S/C24H19F36N4O6P/c1-62(2)71(63(3)4,61-70-17(42,10(35)36)23(58,59)60)64(11(65-12(37,5(25)26)18(43,44)45)66-13(38,6(27)28)19(46,47)48)24(67-14(39,7(29)30)20(49,50)51,68-15(40,8(31)32)21(52,53)54)69-16(41,9(33)34)22(55,56)57/h5-11H,1-4H3. The fourth-order valence-corrected chi connectivity index (χ4v) is 6.91. The maximum atomic E-state index is 15.7. The molecule has 0 aromatic heterocycles. The third-order valence-corrected chi connectivity index (χ3v) is 11.0. The molecule has 0 rings (SSSR count). The number of halogens is 36. The molecule has 0 aliphatic heterocycles. The van der Waals surface area contributed by atoms with Crippen LogP contribution < -0.4 is 0 Å². The van der Waals surface area contributed by atoms with Crippen LogP contribution in [0.4, 0.5) is 158 Å². The molecule has 0 aliphatic carbocycles. The number of nitrogens with zero attached hydrogens (tertiary/aromatic N) is 4. The minimum Gasteiger partial charge on any atom is -0.290 e. The van der Waals surface area contributed by atoms with Gasteiger partial charge < -0.3 is 0 Å². The predicted molar refractivity (Wildman–Crippen MR) is 147 cm³/mol. The second kappa shape index (κ2) is 21.2. The normalized spacial score (nSPS) is 21.2. The zero-order valence-electron chi connectivity index (χ0n) is 32.8. The lowest BCUT2D eigenvalue weighted by Gasteiger charge is -2.56. The van der Waals surface area contributed by atoms with E-state index in [1.807, 2.05) is 0 Å². The van der Waals surface area contributed by atoms with Crippen LogP contribution in [0.3, 0.4) is 0 Å². The Hall–Kier alpha value is -2.65. The van der Waals surface area contributed by atoms with E-state index >= 15 is 22.0 Å². The molecule has 0 aliphatic rings. The second-order valence-electron chi connectivity index (χ2n) is 12.8. The lowest BCUT2D eigenvalue weighted by molar-refractivity contribution is -0.610. The Labute approximate surface area is 365 Å². The molecular weight excluding hydrogens is 1160 g/mol. The zero-order valence-corrected chi connectivity index (χ0v) is 33.7. The van der Waals surface area contributed by atoms with Crippen molar-refractivity contribution < 1.29 is 187 Å². The third-order valence-electron chi connectivity index (χ3n) is 7.51. The molecule has 0 aromatic rings. The van der Waals surface area contributed by atoms with Crippen LogP contribution in [0.25, 0.3) is 0 Å². The fraction of sp³-hybridized carbons (Fsp3) is 1.00. The van der Waals surface area contributed by atoms with Crippen molar-refractivity contribution in [1.82, 2.24) is 14.0 Å². The Morgan fingerprint density at radius 2 is 0.521 bits per heavy atom. The number of hydrogen-bond acceptors (Lipinski definition) is 7. The van der Waals surface area contributed by atoms with Crippen molar-refractivity contribution in [3.05, 3.63) is 0 Å². The van der Waals surface area contributed by atoms with Gasteiger partial charge in [-0.3, -0.25) is 23.7 Å². The first-order valence-electron chi connectivity index (χ1n) is 15.9. The molecule has 0 spiro atoms. The van der Waals surface area contributed by atoms with Gasteiger partial charge in [0.05, 0.1) is 0 Å². The van der Waals surface area contributed by atoms with E-state index in [2.05, 4.69) is 28.5 Å². The van der Waals surface area contributed by atoms with Gasteiger partial charge in [0.25, 0.3) is 0 Å². The molecule has 0 aromatic carbocycles. The summed E-state index contributed by atoms with van der Waals surface area (Å²) in [5.41, 5.74) is 0. The van der Waals surface area contributed by atoms with Crippen LogP contribution in [0, 0.1) is 0 Å². The molecule has 428 valence electrons. The Balaban J connectivity index is 11.5. The summed E-state index contributed by atoms with van der Waals surface area (Å²) in [5, 5.41) is 0. The summed E-state index contributed by atoms with van der Waals surface area (Å²) < 4.78 is 518. The highest BCUT2D eigenvalue weighted by atomic mass is 31.2. The van der Waals surface area contributed by atoms with E-state index in [1.165, 1.54) is 4.91 Å². The van der Waals surface area contributed by atoms with Crippen molar-refractivity contribution in [2.75, 3.05) is 28.2 Å². The van der Waals surface area contributed by atoms with E-state index in [4.69, 9.17) is 0 Å². The van der Waals surface area contributed by atoms with Gasteiger partial charge in [0.1, 0.15) is 0 Å². The number of alkyl halides is 36. The smallest absolute Gasteiger partial charge is 0.290 e. The van der Waals surface area contributed by atoms with Crippen LogP contribution >= 0.6 is 7.51 Å². The molecule has 0 heterocycles. The van der Waals surface area contributed by atoms with Gasteiger partial charge in [-0.1, -0.05) is 0 Å². The minimum absolute atomic E-state index is 0.816. The first-order chi connectivity index (χ1) is 30.8. The largest absolute Gasteiger partial charge is 0.456 e. The summed E-state index contributed by atoms with van der Waals surface area (Å²) in [7, 11) is -11.9. The highest BCUT2D eigenvalue weighted by Gasteiger charge is 2.82. The van der Waals surface area contributed by atoms with E-state index in [1.54, 1.807) is 0 Å². The Morgan fingerprint density at radius 1 is 0.324 bits per heavy atom. The second-order valence-corrected chi connectivity index (χ2v) is 16.0. The highest BCUT2D eigenvalue weighted by Crippen LogP contribution is 2.67. The SMILES string of the molecule is CN(C)P(=NOC(F)(C(F)F)C(F)(F)F)(N(C)C)N(C(OC(F)(C(F)F)C(F)(F)F)OC(F)(C(F)F)C(F)(F)F)C(OC(F)(C(F)F)C(F)(F)F)(OC(F)(C(F)F)C(F)(F)F)OC(F)(C(F)F)C(F)(F)F. The molecule has 10 nitrogen and oxygen atoms in total. The molecule has 71 heavy (non-hydrogen) atoms. The van der Waals surface area contributed by atoms with Gasteiger partial charge in [0.15, 0.2) is 0 Å². The Kier molecular flexibility index (Phi) is 20.4. The number of rotatable bonds is 23. The molecular formula is C24H19F36N4O6P. The summed E-state index contributed by atoms with van der Waals surface area (Å²) in [5.74, 6) is -49.8. The molecule has 0 N–H and O–H groups in total. The van der Waals surface area contributed by atoms with Gasteiger partial charge in [-0.25, -0.2) is 62.0 Å². The van der Waals surface area contributed by atoms with Crippen LogP contribution in [0.5, 0.6) is 0 Å². The zero-order chi connectivity index (χ0) is 57.7. The van der Waals surface area contributed by atoms with Gasteiger partial charge in [0.2, 0.25) is 13.9 Å². The molecule has 0 radical (unpaired) electrons. The van der Waals surface area contributed by atoms with Gasteiger partial charge in [-0.15, -0.1) is 9.58 Å². The van der Waals surface area contributed by atoms with Gasteiger partial charge in [-0.05, 0) is 28.2 Å². The molecule has 0 saturated carbocycles. The van der Waals surface area contributed by atoms with Crippen LogP contribution in [0.1, 0.15) is 0 Å². The third kappa shape index (κ3) is 12.7. The van der Waals surface area contributed by atoms with Crippen molar-refractivity contribution >= 4 is 7.51 Å². The molecule has 0 bridgehead atoms. The van der Waals surface area contributed by atoms with Crippen LogP contribution in [0.2, 0.25) is 0 Å². The molecule has 0 saturated heterocycles. The molecule has 0 fully saturated rings. The summed E-state index contributed by atoms with van der Waals surface area (Å²) in [4.78, 5) is 3.95. The average Bonchev–Trinajstić information content (AvgIpc) is 3.12. The van der Waals surface area contributed by atoms with Crippen LogP contribution in [-0.2, 0) is 28.5 Å². The summed E-state index contributed by atoms with van der Waals surface area (Å²) >= 11 is 0. The molecule has 6 unspecified atom stereocenters.